The summed E-state index contributed by atoms with van der Waals surface area (Å²) in [5, 5.41) is 19.9. The lowest BCUT2D eigenvalue weighted by Gasteiger charge is -2.13. The molecule has 0 atom stereocenters. The van der Waals surface area contributed by atoms with Crippen LogP contribution < -0.4 is 10.1 Å². The molecule has 0 amide bonds. The summed E-state index contributed by atoms with van der Waals surface area (Å²) in [7, 11) is 2.83. The number of hydroxylamine groups is 2. The van der Waals surface area contributed by atoms with Crippen LogP contribution in [-0.4, -0.2) is 34.5 Å². The average Bonchev–Trinajstić information content (AvgIpc) is 2.03. The second kappa shape index (κ2) is 3.77. The van der Waals surface area contributed by atoms with Gasteiger partial charge >= 0.3 is 0 Å². The third kappa shape index (κ3) is 2.44. The number of rotatable bonds is 2. The molecule has 1 aromatic rings. The van der Waals surface area contributed by atoms with Crippen LogP contribution in [0.4, 0.5) is 11.6 Å². The van der Waals surface area contributed by atoms with Gasteiger partial charge in [0.15, 0.2) is 16.8 Å². The molecule has 0 aromatic carbocycles. The monoisotopic (exact) mass is 202 g/mol. The molecule has 0 aliphatic rings. The summed E-state index contributed by atoms with van der Waals surface area (Å²) in [6.07, 6.45) is 0. The quantitative estimate of drug-likeness (QED) is 0.366. The Morgan fingerprint density at radius 2 is 1.54 bits per heavy atom. The number of thiol groups is 1. The summed E-state index contributed by atoms with van der Waals surface area (Å²) >= 11 is 3.92. The number of hydrogen-bond acceptors (Lipinski definition) is 7. The predicted octanol–water partition coefficient (Wildman–Crippen LogP) is 0.416. The van der Waals surface area contributed by atoms with Crippen LogP contribution in [0.5, 0.6) is 0 Å². The minimum Gasteiger partial charge on any atom is -0.287 e. The van der Waals surface area contributed by atoms with Crippen molar-refractivity contribution in [2.45, 2.75) is 5.16 Å². The summed E-state index contributed by atoms with van der Waals surface area (Å²) in [5.41, 5.74) is 0. The van der Waals surface area contributed by atoms with Crippen molar-refractivity contribution in [3.63, 3.8) is 0 Å². The van der Waals surface area contributed by atoms with Gasteiger partial charge in [0.25, 0.3) is 0 Å². The van der Waals surface area contributed by atoms with Gasteiger partial charge in [-0.3, -0.25) is 10.4 Å². The minimum absolute atomic E-state index is 0.175. The van der Waals surface area contributed by atoms with Crippen molar-refractivity contribution >= 4 is 24.3 Å². The van der Waals surface area contributed by atoms with Crippen molar-refractivity contribution in [2.75, 3.05) is 24.2 Å². The lowest BCUT2D eigenvalue weighted by molar-refractivity contribution is 0.269. The second-order valence-corrected chi connectivity index (χ2v) is 2.83. The molecule has 13 heavy (non-hydrogen) atoms. The van der Waals surface area contributed by atoms with Crippen LogP contribution in [0.3, 0.4) is 0 Å². The fraction of sp³-hybridized carbons (Fsp3) is 0.333. The standard InChI is InChI=1S/C6H10N4O2S/c1-9(11)4-3-5(10(2)12)8-6(13)7-4/h3,11-12H,1-2H3,(H,7,8,13). The first-order chi connectivity index (χ1) is 6.00. The molecule has 1 rings (SSSR count). The smallest absolute Gasteiger partial charge is 0.188 e. The summed E-state index contributed by atoms with van der Waals surface area (Å²) in [5.74, 6) is 0.520. The first-order valence-corrected chi connectivity index (χ1v) is 3.88. The maximum atomic E-state index is 9.06. The van der Waals surface area contributed by atoms with Crippen molar-refractivity contribution in [3.05, 3.63) is 6.07 Å². The van der Waals surface area contributed by atoms with Gasteiger partial charge in [-0.05, 0) is 0 Å². The van der Waals surface area contributed by atoms with E-state index in [1.54, 1.807) is 0 Å². The Hall–Kier alpha value is -1.05. The van der Waals surface area contributed by atoms with Gasteiger partial charge in [-0.1, -0.05) is 0 Å². The van der Waals surface area contributed by atoms with Crippen LogP contribution in [0.1, 0.15) is 0 Å². The highest BCUT2D eigenvalue weighted by Crippen LogP contribution is 2.16. The van der Waals surface area contributed by atoms with Crippen molar-refractivity contribution in [2.24, 2.45) is 0 Å². The Morgan fingerprint density at radius 3 is 1.85 bits per heavy atom. The fourth-order valence-electron chi connectivity index (χ4n) is 0.741. The Morgan fingerprint density at radius 1 is 1.15 bits per heavy atom. The zero-order chi connectivity index (χ0) is 10.0. The van der Waals surface area contributed by atoms with E-state index >= 15 is 0 Å². The maximum Gasteiger partial charge on any atom is 0.188 e. The van der Waals surface area contributed by atoms with Gasteiger partial charge in [-0.15, -0.1) is 12.6 Å². The van der Waals surface area contributed by atoms with E-state index in [0.29, 0.717) is 0 Å². The lowest BCUT2D eigenvalue weighted by Crippen LogP contribution is -2.16. The van der Waals surface area contributed by atoms with Crippen LogP contribution in [0.15, 0.2) is 11.2 Å². The van der Waals surface area contributed by atoms with Crippen molar-refractivity contribution in [1.82, 2.24) is 9.97 Å². The van der Waals surface area contributed by atoms with Crippen molar-refractivity contribution in [1.29, 1.82) is 0 Å². The Kier molecular flexibility index (Phi) is 2.91. The van der Waals surface area contributed by atoms with Gasteiger partial charge in [0.1, 0.15) is 0 Å². The molecule has 1 aromatic heterocycles. The van der Waals surface area contributed by atoms with Gasteiger partial charge in [0.2, 0.25) is 0 Å². The fourth-order valence-corrected chi connectivity index (χ4v) is 0.946. The molecular formula is C6H10N4O2S. The number of anilines is 2. The molecule has 0 aliphatic heterocycles. The van der Waals surface area contributed by atoms with E-state index in [0.717, 1.165) is 10.1 Å². The molecule has 0 saturated heterocycles. The normalized spacial score (nSPS) is 9.92. The van der Waals surface area contributed by atoms with Crippen LogP contribution in [0, 0.1) is 0 Å². The molecule has 72 valence electrons. The van der Waals surface area contributed by atoms with Gasteiger partial charge in [-0.2, -0.15) is 0 Å². The molecule has 2 N–H and O–H groups in total. The Bertz CT molecular complexity index is 278. The second-order valence-electron chi connectivity index (χ2n) is 2.43. The Labute approximate surface area is 80.8 Å². The molecule has 0 aliphatic carbocycles. The van der Waals surface area contributed by atoms with E-state index < -0.39 is 0 Å². The molecule has 7 heteroatoms. The third-order valence-corrected chi connectivity index (χ3v) is 1.55. The van der Waals surface area contributed by atoms with Crippen molar-refractivity contribution < 1.29 is 10.4 Å². The first kappa shape index (κ1) is 10.0. The summed E-state index contributed by atoms with van der Waals surface area (Å²) in [4.78, 5) is 7.61. The van der Waals surface area contributed by atoms with Gasteiger partial charge < -0.3 is 0 Å². The third-order valence-electron chi connectivity index (χ3n) is 1.35. The number of hydrogen-bond donors (Lipinski definition) is 3. The molecule has 0 fully saturated rings. The largest absolute Gasteiger partial charge is 0.287 e. The molecule has 0 bridgehead atoms. The maximum absolute atomic E-state index is 9.06. The SMILES string of the molecule is CN(O)c1cc(N(C)O)nc(S)n1. The highest BCUT2D eigenvalue weighted by Gasteiger charge is 2.06. The van der Waals surface area contributed by atoms with E-state index in [9.17, 15) is 0 Å². The summed E-state index contributed by atoms with van der Waals surface area (Å²) in [6.45, 7) is 0. The molecular weight excluding hydrogens is 192 g/mol. The van der Waals surface area contributed by atoms with Crippen LogP contribution in [0.25, 0.3) is 0 Å². The predicted molar refractivity (Wildman–Crippen MR) is 49.7 cm³/mol. The topological polar surface area (TPSA) is 72.7 Å². The summed E-state index contributed by atoms with van der Waals surface area (Å²) < 4.78 is 0. The average molecular weight is 202 g/mol. The highest BCUT2D eigenvalue weighted by molar-refractivity contribution is 7.80. The van der Waals surface area contributed by atoms with Gasteiger partial charge in [0, 0.05) is 20.2 Å². The molecule has 0 radical (unpaired) electrons. The van der Waals surface area contributed by atoms with Gasteiger partial charge in [0.05, 0.1) is 0 Å². The van der Waals surface area contributed by atoms with Crippen molar-refractivity contribution in [3.8, 4) is 0 Å². The zero-order valence-electron chi connectivity index (χ0n) is 7.21. The molecule has 0 unspecified atom stereocenters. The molecule has 6 nitrogen and oxygen atoms in total. The van der Waals surface area contributed by atoms with E-state index in [1.807, 2.05) is 0 Å². The molecule has 0 spiro atoms. The van der Waals surface area contributed by atoms with Crippen LogP contribution >= 0.6 is 12.6 Å². The Balaban J connectivity index is 3.11. The highest BCUT2D eigenvalue weighted by atomic mass is 32.1. The molecule has 1 heterocycles. The van der Waals surface area contributed by atoms with Crippen LogP contribution in [0.2, 0.25) is 0 Å². The van der Waals surface area contributed by atoms with E-state index in [-0.39, 0.29) is 16.8 Å². The number of aromatic nitrogens is 2. The minimum atomic E-state index is 0.175. The van der Waals surface area contributed by atoms with E-state index in [2.05, 4.69) is 22.6 Å². The number of nitrogens with zero attached hydrogens (tertiary/aromatic N) is 4. The van der Waals surface area contributed by atoms with Crippen LogP contribution in [-0.2, 0) is 0 Å². The zero-order valence-corrected chi connectivity index (χ0v) is 8.10. The first-order valence-electron chi connectivity index (χ1n) is 3.44. The summed E-state index contributed by atoms with van der Waals surface area (Å²) in [6, 6.07) is 1.42. The van der Waals surface area contributed by atoms with E-state index in [1.165, 1.54) is 20.2 Å². The van der Waals surface area contributed by atoms with Gasteiger partial charge in [-0.25, -0.2) is 20.1 Å². The molecule has 0 saturated carbocycles. The lowest BCUT2D eigenvalue weighted by atomic mass is 10.5. The van der Waals surface area contributed by atoms with E-state index in [4.69, 9.17) is 10.4 Å².